The van der Waals surface area contributed by atoms with Gasteiger partial charge in [0.2, 0.25) is 11.8 Å². The average Bonchev–Trinajstić information content (AvgIpc) is 2.69. The zero-order valence-corrected chi connectivity index (χ0v) is 17.1. The second kappa shape index (κ2) is 8.07. The fourth-order valence-corrected chi connectivity index (χ4v) is 4.50. The van der Waals surface area contributed by atoms with Crippen molar-refractivity contribution in [3.05, 3.63) is 59.1 Å². The van der Waals surface area contributed by atoms with E-state index in [1.807, 2.05) is 48.5 Å². The Hall–Kier alpha value is -2.53. The number of anilines is 2. The summed E-state index contributed by atoms with van der Waals surface area (Å²) in [6.45, 7) is 1.64. The molecule has 2 aromatic carbocycles. The van der Waals surface area contributed by atoms with Crippen molar-refractivity contribution in [2.75, 3.05) is 23.3 Å². The molecular formula is C23H26ClN3O2. The Kier molecular flexibility index (Phi) is 5.50. The molecule has 3 N–H and O–H groups in total. The largest absolute Gasteiger partial charge is 0.371 e. The highest BCUT2D eigenvalue weighted by Crippen LogP contribution is 2.45. The molecule has 0 atom stereocenters. The first kappa shape index (κ1) is 19.8. The number of hydrogen-bond acceptors (Lipinski definition) is 3. The van der Waals surface area contributed by atoms with E-state index in [1.165, 1.54) is 0 Å². The lowest BCUT2D eigenvalue weighted by atomic mass is 9.64. The van der Waals surface area contributed by atoms with E-state index in [4.69, 9.17) is 17.3 Å². The summed E-state index contributed by atoms with van der Waals surface area (Å²) in [5.74, 6) is -0.175. The minimum atomic E-state index is -0.458. The fraction of sp³-hybridized carbons (Fsp3) is 0.391. The first-order chi connectivity index (χ1) is 14.0. The van der Waals surface area contributed by atoms with E-state index in [2.05, 4.69) is 10.2 Å². The summed E-state index contributed by atoms with van der Waals surface area (Å²) in [5.41, 5.74) is 7.88. The van der Waals surface area contributed by atoms with Crippen molar-refractivity contribution in [1.29, 1.82) is 0 Å². The molecule has 0 radical (unpaired) electrons. The minimum absolute atomic E-state index is 0.0173. The average molecular weight is 412 g/mol. The van der Waals surface area contributed by atoms with Gasteiger partial charge in [-0.15, -0.1) is 0 Å². The van der Waals surface area contributed by atoms with Gasteiger partial charge in [0.25, 0.3) is 0 Å². The Balaban J connectivity index is 1.41. The lowest BCUT2D eigenvalue weighted by molar-refractivity contribution is -0.124. The lowest BCUT2D eigenvalue weighted by Crippen LogP contribution is -2.46. The van der Waals surface area contributed by atoms with Crippen LogP contribution in [0.25, 0.3) is 0 Å². The summed E-state index contributed by atoms with van der Waals surface area (Å²) in [6, 6.07) is 15.6. The van der Waals surface area contributed by atoms with Crippen LogP contribution in [0, 0.1) is 5.92 Å². The van der Waals surface area contributed by atoms with Crippen molar-refractivity contribution in [2.24, 2.45) is 11.7 Å². The standard InChI is InChI=1S/C23H26ClN3O2/c24-18-4-2-17(3-5-18)23(12-1-13-23)22(29)26-19-6-8-20(9-7-19)27-14-10-16(11-15-27)21(25)28/h2-9,16H,1,10-15H2,(H2,25,28)(H,26,29). The minimum Gasteiger partial charge on any atom is -0.371 e. The zero-order chi connectivity index (χ0) is 20.4. The molecule has 0 bridgehead atoms. The molecule has 1 saturated heterocycles. The highest BCUT2D eigenvalue weighted by atomic mass is 35.5. The van der Waals surface area contributed by atoms with Crippen LogP contribution in [0.4, 0.5) is 11.4 Å². The van der Waals surface area contributed by atoms with Crippen molar-refractivity contribution in [2.45, 2.75) is 37.5 Å². The number of nitrogens with zero attached hydrogens (tertiary/aromatic N) is 1. The molecule has 2 amide bonds. The molecule has 1 aliphatic heterocycles. The van der Waals surface area contributed by atoms with E-state index >= 15 is 0 Å². The number of nitrogens with two attached hydrogens (primary N) is 1. The Morgan fingerprint density at radius 1 is 1.00 bits per heavy atom. The van der Waals surface area contributed by atoms with Crippen LogP contribution in [-0.2, 0) is 15.0 Å². The molecule has 2 aliphatic rings. The number of carbonyl (C=O) groups excluding carboxylic acids is 2. The molecule has 1 heterocycles. The normalized spacial score (nSPS) is 18.7. The molecule has 152 valence electrons. The van der Waals surface area contributed by atoms with Crippen LogP contribution < -0.4 is 16.0 Å². The maximum atomic E-state index is 13.1. The van der Waals surface area contributed by atoms with Crippen molar-refractivity contribution in [1.82, 2.24) is 0 Å². The third-order valence-corrected chi connectivity index (χ3v) is 6.68. The maximum absolute atomic E-state index is 13.1. The van der Waals surface area contributed by atoms with Gasteiger partial charge in [-0.3, -0.25) is 9.59 Å². The van der Waals surface area contributed by atoms with E-state index in [-0.39, 0.29) is 17.7 Å². The van der Waals surface area contributed by atoms with Gasteiger partial charge in [-0.25, -0.2) is 0 Å². The molecule has 2 fully saturated rings. The molecule has 5 nitrogen and oxygen atoms in total. The third kappa shape index (κ3) is 3.97. The fourth-order valence-electron chi connectivity index (χ4n) is 4.37. The van der Waals surface area contributed by atoms with E-state index < -0.39 is 5.41 Å². The maximum Gasteiger partial charge on any atom is 0.235 e. The number of amides is 2. The summed E-state index contributed by atoms with van der Waals surface area (Å²) in [5, 5.41) is 3.78. The molecule has 1 saturated carbocycles. The quantitative estimate of drug-likeness (QED) is 0.777. The number of carbonyl (C=O) groups is 2. The van der Waals surface area contributed by atoms with Crippen LogP contribution in [0.1, 0.15) is 37.7 Å². The first-order valence-electron chi connectivity index (χ1n) is 10.2. The summed E-state index contributed by atoms with van der Waals surface area (Å²) >= 11 is 6.01. The monoisotopic (exact) mass is 411 g/mol. The number of primary amides is 1. The molecule has 0 unspecified atom stereocenters. The number of rotatable bonds is 5. The van der Waals surface area contributed by atoms with Crippen molar-refractivity contribution < 1.29 is 9.59 Å². The van der Waals surface area contributed by atoms with Gasteiger partial charge in [0, 0.05) is 35.4 Å². The van der Waals surface area contributed by atoms with Gasteiger partial charge < -0.3 is 16.0 Å². The molecule has 0 aromatic heterocycles. The number of halogens is 1. The molecule has 29 heavy (non-hydrogen) atoms. The van der Waals surface area contributed by atoms with E-state index in [0.29, 0.717) is 5.02 Å². The number of piperidine rings is 1. The van der Waals surface area contributed by atoms with Gasteiger partial charge >= 0.3 is 0 Å². The van der Waals surface area contributed by atoms with E-state index in [0.717, 1.165) is 62.1 Å². The van der Waals surface area contributed by atoms with Gasteiger partial charge in [-0.2, -0.15) is 0 Å². The van der Waals surface area contributed by atoms with E-state index in [1.54, 1.807) is 0 Å². The van der Waals surface area contributed by atoms with Gasteiger partial charge in [-0.1, -0.05) is 30.2 Å². The van der Waals surface area contributed by atoms with Crippen LogP contribution in [0.5, 0.6) is 0 Å². The van der Waals surface area contributed by atoms with Gasteiger partial charge in [0.15, 0.2) is 0 Å². The van der Waals surface area contributed by atoms with Crippen LogP contribution in [0.15, 0.2) is 48.5 Å². The number of nitrogens with one attached hydrogen (secondary N) is 1. The van der Waals surface area contributed by atoms with Crippen LogP contribution in [-0.4, -0.2) is 24.9 Å². The van der Waals surface area contributed by atoms with Crippen molar-refractivity contribution >= 4 is 34.8 Å². The van der Waals surface area contributed by atoms with Gasteiger partial charge in [-0.05, 0) is 67.6 Å². The zero-order valence-electron chi connectivity index (χ0n) is 16.4. The van der Waals surface area contributed by atoms with Gasteiger partial charge in [0.1, 0.15) is 0 Å². The second-order valence-electron chi connectivity index (χ2n) is 8.11. The highest BCUT2D eigenvalue weighted by Gasteiger charge is 2.45. The van der Waals surface area contributed by atoms with Crippen LogP contribution in [0.3, 0.4) is 0 Å². The van der Waals surface area contributed by atoms with E-state index in [9.17, 15) is 9.59 Å². The SMILES string of the molecule is NC(=O)C1CCN(c2ccc(NC(=O)C3(c4ccc(Cl)cc4)CCC3)cc2)CC1. The predicted octanol–water partition coefficient (Wildman–Crippen LogP) is 4.10. The molecule has 4 rings (SSSR count). The second-order valence-corrected chi connectivity index (χ2v) is 8.54. The summed E-state index contributed by atoms with van der Waals surface area (Å²) < 4.78 is 0. The molecule has 6 heteroatoms. The topological polar surface area (TPSA) is 75.4 Å². The lowest BCUT2D eigenvalue weighted by Gasteiger charge is -2.40. The summed E-state index contributed by atoms with van der Waals surface area (Å²) in [7, 11) is 0. The molecule has 0 spiro atoms. The summed E-state index contributed by atoms with van der Waals surface area (Å²) in [4.78, 5) is 26.7. The molecular weight excluding hydrogens is 386 g/mol. The van der Waals surface area contributed by atoms with Gasteiger partial charge in [0.05, 0.1) is 5.41 Å². The Bertz CT molecular complexity index is 883. The number of benzene rings is 2. The van der Waals surface area contributed by atoms with Crippen LogP contribution in [0.2, 0.25) is 5.02 Å². The first-order valence-corrected chi connectivity index (χ1v) is 10.6. The predicted molar refractivity (Wildman–Crippen MR) is 116 cm³/mol. The molecule has 1 aliphatic carbocycles. The van der Waals surface area contributed by atoms with Crippen LogP contribution >= 0.6 is 11.6 Å². The Morgan fingerprint density at radius 2 is 1.62 bits per heavy atom. The molecule has 2 aromatic rings. The summed E-state index contributed by atoms with van der Waals surface area (Å²) in [6.07, 6.45) is 4.34. The third-order valence-electron chi connectivity index (χ3n) is 6.43. The Labute approximate surface area is 176 Å². The highest BCUT2D eigenvalue weighted by molar-refractivity contribution is 6.30. The number of hydrogen-bond donors (Lipinski definition) is 2. The Morgan fingerprint density at radius 3 is 2.14 bits per heavy atom. The van der Waals surface area contributed by atoms with Crippen molar-refractivity contribution in [3.63, 3.8) is 0 Å². The smallest absolute Gasteiger partial charge is 0.235 e. The van der Waals surface area contributed by atoms with Crippen molar-refractivity contribution in [3.8, 4) is 0 Å².